The van der Waals surface area contributed by atoms with Crippen LogP contribution in [0.3, 0.4) is 0 Å². The highest BCUT2D eigenvalue weighted by Gasteiger charge is 2.61. The summed E-state index contributed by atoms with van der Waals surface area (Å²) in [6, 6.07) is 6.68. The molecule has 0 bridgehead atoms. The monoisotopic (exact) mass is 407 g/mol. The van der Waals surface area contributed by atoms with Gasteiger partial charge in [-0.25, -0.2) is 4.57 Å². The zero-order valence-electron chi connectivity index (χ0n) is 20.8. The number of aromatic nitrogens is 2. The predicted octanol–water partition coefficient (Wildman–Crippen LogP) is 0.997. The van der Waals surface area contributed by atoms with Crippen LogP contribution in [0, 0.1) is 6.92 Å². The molecule has 1 aliphatic rings. The van der Waals surface area contributed by atoms with E-state index in [4.69, 9.17) is 38.7 Å². The lowest BCUT2D eigenvalue weighted by atomic mass is 8.57. The largest absolute Gasteiger partial charge is 0.256 e. The number of rotatable bonds is 8. The maximum atomic E-state index is 6.40. The quantitative estimate of drug-likeness (QED) is 0.458. The smallest absolute Gasteiger partial charge is 0.234 e. The first-order chi connectivity index (χ1) is 14.9. The van der Waals surface area contributed by atoms with Gasteiger partial charge in [0.05, 0.1) is 7.05 Å². The van der Waals surface area contributed by atoms with Crippen molar-refractivity contribution in [2.75, 3.05) is 0 Å². The van der Waals surface area contributed by atoms with Crippen LogP contribution in [0.15, 0.2) is 24.4 Å². The standard InChI is InChI=1S/C20H29B10N2/c1-12(2)16-9-8-10-17(13(3)4)19(16)32-11-14(5)31(7)20(32)18-15(6)26(18)30(28(23)24)29(25)27(21)22/h8-13,15,18H,1-7H3/q+1/t15-,18?/m0/s1. The van der Waals surface area contributed by atoms with Crippen molar-refractivity contribution in [3.63, 3.8) is 0 Å². The van der Waals surface area contributed by atoms with E-state index in [9.17, 15) is 0 Å². The Bertz CT molecular complexity index is 932. The lowest BCUT2D eigenvalue weighted by Gasteiger charge is -2.25. The third-order valence-corrected chi connectivity index (χ3v) is 7.54. The minimum Gasteiger partial charge on any atom is -0.234 e. The topological polar surface area (TPSA) is 8.81 Å². The van der Waals surface area contributed by atoms with Crippen molar-refractivity contribution >= 4 is 70.8 Å². The maximum Gasteiger partial charge on any atom is 0.256 e. The number of para-hydroxylation sites is 1. The summed E-state index contributed by atoms with van der Waals surface area (Å²) in [5, 5.41) is 0. The van der Waals surface area contributed by atoms with Crippen molar-refractivity contribution in [1.82, 2.24) is 4.57 Å². The average Bonchev–Trinajstić information content (AvgIpc) is 3.24. The summed E-state index contributed by atoms with van der Waals surface area (Å²) in [4.78, 5) is 0. The van der Waals surface area contributed by atoms with Gasteiger partial charge in [-0.2, -0.15) is 4.57 Å². The summed E-state index contributed by atoms with van der Waals surface area (Å²) >= 11 is 0. The fraction of sp³-hybridized carbons (Fsp3) is 0.550. The molecule has 0 aliphatic carbocycles. The van der Waals surface area contributed by atoms with E-state index in [1.54, 1.807) is 0 Å². The van der Waals surface area contributed by atoms with Gasteiger partial charge in [0.1, 0.15) is 24.2 Å². The number of hydrogen-bond donors (Lipinski definition) is 0. The van der Waals surface area contributed by atoms with Crippen LogP contribution in [0.1, 0.15) is 74.9 Å². The number of hydrogen-bond acceptors (Lipinski definition) is 0. The Balaban J connectivity index is 2.18. The van der Waals surface area contributed by atoms with E-state index < -0.39 is 19.2 Å². The van der Waals surface area contributed by atoms with Gasteiger partial charge >= 0.3 is 0 Å². The van der Waals surface area contributed by atoms with Crippen molar-refractivity contribution < 1.29 is 4.57 Å². The molecule has 2 aromatic rings. The normalized spacial score (nSPS) is 17.7. The minimum absolute atomic E-state index is 0.149. The fourth-order valence-electron chi connectivity index (χ4n) is 5.55. The zero-order chi connectivity index (χ0) is 24.1. The summed E-state index contributed by atoms with van der Waals surface area (Å²) in [5.74, 6) is 2.74. The van der Waals surface area contributed by atoms with Crippen LogP contribution in [0.5, 0.6) is 0 Å². The van der Waals surface area contributed by atoms with Crippen LogP contribution in [0.2, 0.25) is 5.82 Å². The third-order valence-electron chi connectivity index (χ3n) is 7.54. The Hall–Kier alpha value is -0.921. The van der Waals surface area contributed by atoms with Gasteiger partial charge in [0.2, 0.25) is 0 Å². The molecule has 1 fully saturated rings. The molecule has 1 aliphatic heterocycles. The van der Waals surface area contributed by atoms with E-state index in [-0.39, 0.29) is 18.8 Å². The van der Waals surface area contributed by atoms with Crippen LogP contribution in [0.4, 0.5) is 0 Å². The van der Waals surface area contributed by atoms with Crippen molar-refractivity contribution in [1.29, 1.82) is 0 Å². The Labute approximate surface area is 204 Å². The highest BCUT2D eigenvalue weighted by Crippen LogP contribution is 2.52. The molecule has 2 nitrogen and oxygen atoms in total. The summed E-state index contributed by atoms with van der Waals surface area (Å²) in [6.45, 7) is 13.7. The lowest BCUT2D eigenvalue weighted by Crippen LogP contribution is -2.64. The van der Waals surface area contributed by atoms with Gasteiger partial charge in [-0.05, 0) is 11.8 Å². The minimum atomic E-state index is -0.653. The summed E-state index contributed by atoms with van der Waals surface area (Å²) in [7, 11) is 32.9. The molecule has 12 heteroatoms. The van der Waals surface area contributed by atoms with Crippen molar-refractivity contribution in [2.24, 2.45) is 7.05 Å². The van der Waals surface area contributed by atoms with E-state index in [1.807, 2.05) is 0 Å². The second-order valence-electron chi connectivity index (χ2n) is 10.4. The second-order valence-corrected chi connectivity index (χ2v) is 10.4. The first-order valence-electron chi connectivity index (χ1n) is 11.9. The van der Waals surface area contributed by atoms with Gasteiger partial charge in [0, 0.05) is 88.1 Å². The van der Waals surface area contributed by atoms with Gasteiger partial charge in [-0.1, -0.05) is 58.6 Å². The zero-order valence-corrected chi connectivity index (χ0v) is 20.8. The molecule has 1 saturated heterocycles. The molecule has 2 atom stereocenters. The SMILES string of the molecule is [B]B([B])B([B])B(B([B])[B])B1C(c2n(C)c(C)c[n+]2-c2c(C(C)C)cccc2C(C)C)[C@@H]1C. The Morgan fingerprint density at radius 1 is 0.969 bits per heavy atom. The van der Waals surface area contributed by atoms with E-state index in [0.29, 0.717) is 17.7 Å². The van der Waals surface area contributed by atoms with Gasteiger partial charge in [-0.3, -0.25) is 0 Å². The molecule has 32 heavy (non-hydrogen) atoms. The molecule has 0 amide bonds. The molecular formula is C20H29B10N2+. The molecule has 1 unspecified atom stereocenters. The third kappa shape index (κ3) is 4.54. The second kappa shape index (κ2) is 9.75. The van der Waals surface area contributed by atoms with E-state index in [2.05, 4.69) is 82.1 Å². The molecule has 148 valence electrons. The summed E-state index contributed by atoms with van der Waals surface area (Å²) in [5.41, 5.74) is 5.21. The summed E-state index contributed by atoms with van der Waals surface area (Å²) < 4.78 is 4.71. The molecule has 10 radical (unpaired) electrons. The van der Waals surface area contributed by atoms with Crippen molar-refractivity contribution in [2.45, 2.75) is 65.0 Å². The Kier molecular flexibility index (Phi) is 7.83. The molecule has 3 rings (SSSR count). The molecule has 0 spiro atoms. The average molecular weight is 406 g/mol. The molecule has 0 N–H and O–H groups in total. The molecular weight excluding hydrogens is 376 g/mol. The number of imidazole rings is 1. The highest BCUT2D eigenvalue weighted by atomic mass is 15.2. The predicted molar refractivity (Wildman–Crippen MR) is 150 cm³/mol. The van der Waals surface area contributed by atoms with Crippen molar-refractivity contribution in [3.8, 4) is 5.69 Å². The summed E-state index contributed by atoms with van der Waals surface area (Å²) in [6.07, 6.45) is 0.442. The van der Waals surface area contributed by atoms with Crippen LogP contribution >= 0.6 is 0 Å². The number of benzene rings is 1. The Morgan fingerprint density at radius 2 is 1.50 bits per heavy atom. The Morgan fingerprint density at radius 3 is 1.94 bits per heavy atom. The molecule has 2 heterocycles. The lowest BCUT2D eigenvalue weighted by molar-refractivity contribution is -0.605. The first kappa shape index (κ1) is 25.7. The van der Waals surface area contributed by atoms with Crippen LogP contribution in [-0.4, -0.2) is 75.4 Å². The van der Waals surface area contributed by atoms with E-state index in [1.165, 1.54) is 28.3 Å². The maximum absolute atomic E-state index is 6.40. The van der Waals surface area contributed by atoms with Crippen LogP contribution in [-0.2, 0) is 7.05 Å². The van der Waals surface area contributed by atoms with E-state index in [0.717, 1.165) is 0 Å². The molecule has 1 aromatic carbocycles. The van der Waals surface area contributed by atoms with E-state index >= 15 is 0 Å². The number of aryl methyl sites for hydroxylation is 1. The van der Waals surface area contributed by atoms with Gasteiger partial charge in [0.15, 0.2) is 0 Å². The van der Waals surface area contributed by atoms with Crippen molar-refractivity contribution in [3.05, 3.63) is 47.0 Å². The number of nitrogens with zero attached hydrogens (tertiary/aromatic N) is 2. The van der Waals surface area contributed by atoms with Crippen LogP contribution < -0.4 is 4.57 Å². The first-order valence-corrected chi connectivity index (χ1v) is 11.9. The van der Waals surface area contributed by atoms with Gasteiger partial charge < -0.3 is 0 Å². The molecule has 1 aromatic heterocycles. The molecule has 0 saturated carbocycles. The fourth-order valence-corrected chi connectivity index (χ4v) is 5.55. The van der Waals surface area contributed by atoms with Crippen LogP contribution in [0.25, 0.3) is 5.69 Å². The highest BCUT2D eigenvalue weighted by molar-refractivity contribution is 8.01. The van der Waals surface area contributed by atoms with Gasteiger partial charge in [0.25, 0.3) is 5.82 Å². The van der Waals surface area contributed by atoms with Gasteiger partial charge in [-0.15, -0.1) is 0 Å².